The first-order chi connectivity index (χ1) is 8.78. The van der Waals surface area contributed by atoms with Gasteiger partial charge in [0.15, 0.2) is 0 Å². The van der Waals surface area contributed by atoms with Crippen LogP contribution in [-0.4, -0.2) is 34.3 Å². The van der Waals surface area contributed by atoms with E-state index in [9.17, 15) is 9.59 Å². The molecule has 0 aliphatic carbocycles. The van der Waals surface area contributed by atoms with Crippen LogP contribution in [0.25, 0.3) is 0 Å². The molecule has 0 atom stereocenters. The zero-order valence-corrected chi connectivity index (χ0v) is 11.4. The number of aromatic nitrogens is 1. The van der Waals surface area contributed by atoms with Gasteiger partial charge >= 0.3 is 6.09 Å². The molecule has 1 fully saturated rings. The summed E-state index contributed by atoms with van der Waals surface area (Å²) in [6.45, 7) is 6.41. The van der Waals surface area contributed by atoms with E-state index < -0.39 is 5.60 Å². The number of rotatable bonds is 1. The van der Waals surface area contributed by atoms with E-state index in [1.165, 1.54) is 0 Å². The Morgan fingerprint density at radius 3 is 2.63 bits per heavy atom. The van der Waals surface area contributed by atoms with Crippen molar-refractivity contribution < 1.29 is 9.53 Å². The van der Waals surface area contributed by atoms with Gasteiger partial charge in [0.1, 0.15) is 5.60 Å². The zero-order valence-electron chi connectivity index (χ0n) is 11.4. The van der Waals surface area contributed by atoms with Gasteiger partial charge in [0.25, 0.3) is 5.56 Å². The molecule has 104 valence electrons. The van der Waals surface area contributed by atoms with Crippen LogP contribution in [0.2, 0.25) is 0 Å². The van der Waals surface area contributed by atoms with E-state index in [4.69, 9.17) is 10.5 Å². The lowest BCUT2D eigenvalue weighted by molar-refractivity contribution is 0.000693. The second-order valence-electron chi connectivity index (χ2n) is 5.72. The molecule has 0 saturated carbocycles. The number of carbonyl (C=O) groups excluding carboxylic acids is 1. The number of nitrogens with zero attached hydrogens (tertiary/aromatic N) is 2. The summed E-state index contributed by atoms with van der Waals surface area (Å²) < 4.78 is 6.82. The van der Waals surface area contributed by atoms with Crippen LogP contribution in [0.3, 0.4) is 0 Å². The Kier molecular flexibility index (Phi) is 3.26. The smallest absolute Gasteiger partial charge is 0.410 e. The largest absolute Gasteiger partial charge is 0.444 e. The van der Waals surface area contributed by atoms with E-state index in [-0.39, 0.29) is 23.4 Å². The van der Waals surface area contributed by atoms with E-state index in [2.05, 4.69) is 0 Å². The number of nitrogen functional groups attached to an aromatic ring is 1. The van der Waals surface area contributed by atoms with Gasteiger partial charge in [0, 0.05) is 19.3 Å². The maximum absolute atomic E-state index is 11.8. The van der Waals surface area contributed by atoms with Crippen LogP contribution in [0.15, 0.2) is 23.1 Å². The molecule has 1 aromatic heterocycles. The maximum atomic E-state index is 11.8. The van der Waals surface area contributed by atoms with Gasteiger partial charge in [0.05, 0.1) is 11.7 Å². The highest BCUT2D eigenvalue weighted by atomic mass is 16.6. The van der Waals surface area contributed by atoms with Crippen LogP contribution in [-0.2, 0) is 4.74 Å². The molecule has 2 heterocycles. The molecule has 1 aliphatic heterocycles. The van der Waals surface area contributed by atoms with Crippen molar-refractivity contribution in [3.05, 3.63) is 28.7 Å². The third-order valence-corrected chi connectivity index (χ3v) is 2.91. The molecular formula is C13H19N3O3. The van der Waals surface area contributed by atoms with E-state index in [1.807, 2.05) is 20.8 Å². The van der Waals surface area contributed by atoms with Crippen molar-refractivity contribution in [2.45, 2.75) is 32.4 Å². The SMILES string of the molecule is CC(C)(C)OC(=O)N1CC(n2cccc(N)c2=O)C1. The van der Waals surface area contributed by atoms with Crippen LogP contribution in [0, 0.1) is 0 Å². The van der Waals surface area contributed by atoms with Gasteiger partial charge in [-0.15, -0.1) is 0 Å². The molecule has 19 heavy (non-hydrogen) atoms. The van der Waals surface area contributed by atoms with Crippen molar-refractivity contribution in [3.63, 3.8) is 0 Å². The molecule has 2 N–H and O–H groups in total. The number of hydrogen-bond donors (Lipinski definition) is 1. The number of amides is 1. The van der Waals surface area contributed by atoms with E-state index >= 15 is 0 Å². The highest BCUT2D eigenvalue weighted by molar-refractivity contribution is 5.69. The number of carbonyl (C=O) groups is 1. The molecule has 2 rings (SSSR count). The minimum atomic E-state index is -0.504. The Balaban J connectivity index is 1.98. The molecule has 0 aromatic carbocycles. The Hall–Kier alpha value is -1.98. The second-order valence-corrected chi connectivity index (χ2v) is 5.72. The summed E-state index contributed by atoms with van der Waals surface area (Å²) in [5.74, 6) is 0. The summed E-state index contributed by atoms with van der Waals surface area (Å²) in [4.78, 5) is 25.1. The number of ether oxygens (including phenoxy) is 1. The quantitative estimate of drug-likeness (QED) is 0.828. The normalized spacial score (nSPS) is 16.1. The van der Waals surface area contributed by atoms with Gasteiger partial charge < -0.3 is 19.9 Å². The monoisotopic (exact) mass is 265 g/mol. The number of anilines is 1. The fourth-order valence-electron chi connectivity index (χ4n) is 1.92. The van der Waals surface area contributed by atoms with Gasteiger partial charge in [-0.25, -0.2) is 4.79 Å². The molecule has 0 radical (unpaired) electrons. The van der Waals surface area contributed by atoms with Crippen molar-refractivity contribution in [1.82, 2.24) is 9.47 Å². The highest BCUT2D eigenvalue weighted by Gasteiger charge is 2.35. The van der Waals surface area contributed by atoms with Crippen molar-refractivity contribution in [1.29, 1.82) is 0 Å². The standard InChI is InChI=1S/C13H19N3O3/c1-13(2,3)19-12(18)15-7-9(8-15)16-6-4-5-10(14)11(16)17/h4-6,9H,7-8,14H2,1-3H3. The summed E-state index contributed by atoms with van der Waals surface area (Å²) in [5, 5.41) is 0. The molecule has 1 saturated heterocycles. The average Bonchev–Trinajstić information content (AvgIpc) is 2.19. The first kappa shape index (κ1) is 13.5. The molecule has 6 nitrogen and oxygen atoms in total. The Bertz CT molecular complexity index is 539. The maximum Gasteiger partial charge on any atom is 0.410 e. The van der Waals surface area contributed by atoms with Crippen LogP contribution in [0.1, 0.15) is 26.8 Å². The van der Waals surface area contributed by atoms with Crippen LogP contribution in [0.4, 0.5) is 10.5 Å². The van der Waals surface area contributed by atoms with E-state index in [0.29, 0.717) is 13.1 Å². The molecule has 1 aliphatic rings. The number of hydrogen-bond acceptors (Lipinski definition) is 4. The van der Waals surface area contributed by atoms with Gasteiger partial charge in [-0.1, -0.05) is 0 Å². The third kappa shape index (κ3) is 2.89. The van der Waals surface area contributed by atoms with Crippen LogP contribution in [0.5, 0.6) is 0 Å². The number of pyridine rings is 1. The topological polar surface area (TPSA) is 77.6 Å². The lowest BCUT2D eigenvalue weighted by Crippen LogP contribution is -2.54. The minimum absolute atomic E-state index is 0.0245. The molecule has 1 amide bonds. The Morgan fingerprint density at radius 2 is 2.05 bits per heavy atom. The Labute approximate surface area is 111 Å². The second kappa shape index (κ2) is 4.60. The third-order valence-electron chi connectivity index (χ3n) is 2.91. The molecular weight excluding hydrogens is 246 g/mol. The molecule has 0 spiro atoms. The lowest BCUT2D eigenvalue weighted by Gasteiger charge is -2.40. The van der Waals surface area contributed by atoms with Crippen molar-refractivity contribution in [2.75, 3.05) is 18.8 Å². The fraction of sp³-hybridized carbons (Fsp3) is 0.538. The summed E-state index contributed by atoms with van der Waals surface area (Å²) in [5.41, 5.74) is 5.08. The summed E-state index contributed by atoms with van der Waals surface area (Å²) in [7, 11) is 0. The van der Waals surface area contributed by atoms with Gasteiger partial charge in [-0.05, 0) is 32.9 Å². The summed E-state index contributed by atoms with van der Waals surface area (Å²) in [6.07, 6.45) is 1.34. The van der Waals surface area contributed by atoms with Gasteiger partial charge in [0.2, 0.25) is 0 Å². The summed E-state index contributed by atoms with van der Waals surface area (Å²) >= 11 is 0. The number of nitrogens with two attached hydrogens (primary N) is 1. The predicted octanol–water partition coefficient (Wildman–Crippen LogP) is 1.22. The van der Waals surface area contributed by atoms with Gasteiger partial charge in [-0.3, -0.25) is 4.79 Å². The molecule has 6 heteroatoms. The van der Waals surface area contributed by atoms with Gasteiger partial charge in [-0.2, -0.15) is 0 Å². The first-order valence-electron chi connectivity index (χ1n) is 6.22. The lowest BCUT2D eigenvalue weighted by atomic mass is 10.1. The molecule has 1 aromatic rings. The van der Waals surface area contributed by atoms with Crippen LogP contribution >= 0.6 is 0 Å². The number of likely N-dealkylation sites (tertiary alicyclic amines) is 1. The van der Waals surface area contributed by atoms with Crippen molar-refractivity contribution in [3.8, 4) is 0 Å². The molecule has 0 bridgehead atoms. The zero-order chi connectivity index (χ0) is 14.2. The van der Waals surface area contributed by atoms with Crippen molar-refractivity contribution in [2.24, 2.45) is 0 Å². The minimum Gasteiger partial charge on any atom is -0.444 e. The van der Waals surface area contributed by atoms with Crippen LogP contribution < -0.4 is 11.3 Å². The Morgan fingerprint density at radius 1 is 1.42 bits per heavy atom. The fourth-order valence-corrected chi connectivity index (χ4v) is 1.92. The molecule has 0 unspecified atom stereocenters. The van der Waals surface area contributed by atoms with E-state index in [0.717, 1.165) is 0 Å². The van der Waals surface area contributed by atoms with E-state index in [1.54, 1.807) is 27.8 Å². The van der Waals surface area contributed by atoms with Crippen molar-refractivity contribution >= 4 is 11.8 Å². The first-order valence-corrected chi connectivity index (χ1v) is 6.22. The summed E-state index contributed by atoms with van der Waals surface area (Å²) in [6, 6.07) is 3.28. The predicted molar refractivity (Wildman–Crippen MR) is 72.0 cm³/mol. The highest BCUT2D eigenvalue weighted by Crippen LogP contribution is 2.22. The average molecular weight is 265 g/mol.